The fourth-order valence-electron chi connectivity index (χ4n) is 1.37. The Morgan fingerprint density at radius 2 is 2.40 bits per heavy atom. The molecule has 1 aliphatic heterocycles. The summed E-state index contributed by atoms with van der Waals surface area (Å²) in [5.74, 6) is 2.39. The number of nitrogens with one attached hydrogen (secondary N) is 2. The quantitative estimate of drug-likeness (QED) is 0.442. The molecular formula is C10H15N3O2. The Balaban J connectivity index is 2.32. The van der Waals surface area contributed by atoms with Gasteiger partial charge in [0.25, 0.3) is 0 Å². The molecule has 5 heteroatoms. The van der Waals surface area contributed by atoms with E-state index >= 15 is 0 Å². The number of nitrogens with zero attached hydrogens (tertiary/aromatic N) is 1. The van der Waals surface area contributed by atoms with E-state index in [1.807, 2.05) is 0 Å². The summed E-state index contributed by atoms with van der Waals surface area (Å²) in [5, 5.41) is 5.54. The van der Waals surface area contributed by atoms with E-state index in [1.165, 1.54) is 0 Å². The molecule has 2 amide bonds. The third kappa shape index (κ3) is 4.00. The lowest BCUT2D eigenvalue weighted by atomic mass is 10.3. The fraction of sp³-hybridized carbons (Fsp3) is 0.600. The van der Waals surface area contributed by atoms with Crippen LogP contribution in [0.3, 0.4) is 0 Å². The average Bonchev–Trinajstić information content (AvgIpc) is 2.43. The molecule has 0 atom stereocenters. The molecule has 0 saturated carbocycles. The molecule has 1 aliphatic rings. The van der Waals surface area contributed by atoms with Gasteiger partial charge in [-0.2, -0.15) is 0 Å². The normalized spacial score (nSPS) is 16.5. The molecule has 1 rings (SSSR count). The van der Waals surface area contributed by atoms with Crippen molar-refractivity contribution >= 4 is 11.8 Å². The zero-order chi connectivity index (χ0) is 11.1. The maximum absolute atomic E-state index is 11.6. The summed E-state index contributed by atoms with van der Waals surface area (Å²) in [6.45, 7) is 2.21. The first-order valence-corrected chi connectivity index (χ1v) is 4.92. The molecule has 0 aromatic rings. The summed E-state index contributed by atoms with van der Waals surface area (Å²) in [6.07, 6.45) is 5.42. The lowest BCUT2D eigenvalue weighted by molar-refractivity contribution is -0.130. The summed E-state index contributed by atoms with van der Waals surface area (Å²) in [5.41, 5.74) is 0. The second kappa shape index (κ2) is 6.04. The van der Waals surface area contributed by atoms with Crippen LogP contribution in [0.4, 0.5) is 0 Å². The predicted molar refractivity (Wildman–Crippen MR) is 55.9 cm³/mol. The Hall–Kier alpha value is -1.54. The van der Waals surface area contributed by atoms with Crippen LogP contribution in [0.15, 0.2) is 0 Å². The lowest BCUT2D eigenvalue weighted by Crippen LogP contribution is -2.40. The van der Waals surface area contributed by atoms with Gasteiger partial charge in [0.05, 0.1) is 13.1 Å². The highest BCUT2D eigenvalue weighted by Crippen LogP contribution is 1.96. The smallest absolute Gasteiger partial charge is 0.236 e. The second-order valence-electron chi connectivity index (χ2n) is 3.29. The number of amides is 2. The van der Waals surface area contributed by atoms with E-state index in [9.17, 15) is 9.59 Å². The van der Waals surface area contributed by atoms with Gasteiger partial charge in [0, 0.05) is 26.1 Å². The van der Waals surface area contributed by atoms with Crippen molar-refractivity contribution in [2.24, 2.45) is 0 Å². The van der Waals surface area contributed by atoms with E-state index in [1.54, 1.807) is 4.90 Å². The van der Waals surface area contributed by atoms with Gasteiger partial charge in [-0.1, -0.05) is 5.92 Å². The van der Waals surface area contributed by atoms with Gasteiger partial charge in [0.15, 0.2) is 0 Å². The van der Waals surface area contributed by atoms with Gasteiger partial charge in [-0.25, -0.2) is 0 Å². The predicted octanol–water partition coefficient (Wildman–Crippen LogP) is -1.44. The molecule has 15 heavy (non-hydrogen) atoms. The minimum atomic E-state index is -0.0123. The third-order valence-corrected chi connectivity index (χ3v) is 2.17. The van der Waals surface area contributed by atoms with Crippen LogP contribution in [0.5, 0.6) is 0 Å². The fourth-order valence-corrected chi connectivity index (χ4v) is 1.37. The monoisotopic (exact) mass is 209 g/mol. The Morgan fingerprint density at radius 1 is 1.60 bits per heavy atom. The molecule has 0 aliphatic carbocycles. The second-order valence-corrected chi connectivity index (χ2v) is 3.29. The van der Waals surface area contributed by atoms with Crippen LogP contribution < -0.4 is 10.6 Å². The van der Waals surface area contributed by atoms with Gasteiger partial charge in [0.2, 0.25) is 11.8 Å². The third-order valence-electron chi connectivity index (χ3n) is 2.17. The molecule has 0 bridgehead atoms. The Labute approximate surface area is 89.2 Å². The van der Waals surface area contributed by atoms with Crippen molar-refractivity contribution in [2.45, 2.75) is 6.42 Å². The largest absolute Gasteiger partial charge is 0.354 e. The van der Waals surface area contributed by atoms with Crippen LogP contribution >= 0.6 is 0 Å². The standard InChI is InChI=1S/C10H15N3O2/c1-2-4-11-8-10(15)13-6-3-9(14)12-5-7-13/h1,11H,3-8H2,(H,12,14). The van der Waals surface area contributed by atoms with Crippen molar-refractivity contribution in [1.29, 1.82) is 0 Å². The van der Waals surface area contributed by atoms with E-state index in [-0.39, 0.29) is 18.4 Å². The molecule has 1 saturated heterocycles. The molecule has 2 N–H and O–H groups in total. The van der Waals surface area contributed by atoms with E-state index < -0.39 is 0 Å². The topological polar surface area (TPSA) is 61.4 Å². The zero-order valence-corrected chi connectivity index (χ0v) is 8.58. The number of carbonyl (C=O) groups is 2. The molecule has 82 valence electrons. The number of hydrogen-bond donors (Lipinski definition) is 2. The molecular weight excluding hydrogens is 194 g/mol. The van der Waals surface area contributed by atoms with Crippen molar-refractivity contribution in [3.63, 3.8) is 0 Å². The van der Waals surface area contributed by atoms with Crippen molar-refractivity contribution in [3.8, 4) is 12.3 Å². The van der Waals surface area contributed by atoms with Gasteiger partial charge in [0.1, 0.15) is 0 Å². The summed E-state index contributed by atoms with van der Waals surface area (Å²) >= 11 is 0. The number of rotatable bonds is 3. The van der Waals surface area contributed by atoms with E-state index in [0.717, 1.165) is 0 Å². The van der Waals surface area contributed by atoms with Gasteiger partial charge >= 0.3 is 0 Å². The molecule has 1 heterocycles. The van der Waals surface area contributed by atoms with Crippen molar-refractivity contribution in [2.75, 3.05) is 32.7 Å². The summed E-state index contributed by atoms with van der Waals surface area (Å²) in [4.78, 5) is 24.3. The van der Waals surface area contributed by atoms with Gasteiger partial charge in [-0.3, -0.25) is 14.9 Å². The van der Waals surface area contributed by atoms with E-state index in [0.29, 0.717) is 32.6 Å². The Bertz CT molecular complexity index is 283. The van der Waals surface area contributed by atoms with E-state index in [2.05, 4.69) is 16.6 Å². The minimum Gasteiger partial charge on any atom is -0.354 e. The maximum Gasteiger partial charge on any atom is 0.236 e. The average molecular weight is 209 g/mol. The number of carbonyl (C=O) groups excluding carboxylic acids is 2. The van der Waals surface area contributed by atoms with Crippen LogP contribution in [-0.2, 0) is 9.59 Å². The Kier molecular flexibility index (Phi) is 4.64. The first-order chi connectivity index (χ1) is 7.24. The highest BCUT2D eigenvalue weighted by molar-refractivity contribution is 5.81. The first kappa shape index (κ1) is 11.5. The van der Waals surface area contributed by atoms with Crippen LogP contribution in [-0.4, -0.2) is 49.4 Å². The number of hydrogen-bond acceptors (Lipinski definition) is 3. The molecule has 0 unspecified atom stereocenters. The molecule has 5 nitrogen and oxygen atoms in total. The molecule has 0 aromatic carbocycles. The Morgan fingerprint density at radius 3 is 3.13 bits per heavy atom. The van der Waals surface area contributed by atoms with Gasteiger partial charge in [-0.15, -0.1) is 6.42 Å². The van der Waals surface area contributed by atoms with Gasteiger partial charge < -0.3 is 10.2 Å². The van der Waals surface area contributed by atoms with E-state index in [4.69, 9.17) is 6.42 Å². The number of terminal acetylenes is 1. The van der Waals surface area contributed by atoms with Crippen molar-refractivity contribution in [1.82, 2.24) is 15.5 Å². The summed E-state index contributed by atoms with van der Waals surface area (Å²) < 4.78 is 0. The van der Waals surface area contributed by atoms with Crippen LogP contribution in [0.2, 0.25) is 0 Å². The molecule has 0 aromatic heterocycles. The highest BCUT2D eigenvalue weighted by atomic mass is 16.2. The molecule has 0 spiro atoms. The van der Waals surface area contributed by atoms with Crippen molar-refractivity contribution < 1.29 is 9.59 Å². The highest BCUT2D eigenvalue weighted by Gasteiger charge is 2.17. The van der Waals surface area contributed by atoms with Crippen molar-refractivity contribution in [3.05, 3.63) is 0 Å². The zero-order valence-electron chi connectivity index (χ0n) is 8.58. The molecule has 1 fully saturated rings. The van der Waals surface area contributed by atoms with Crippen LogP contribution in [0.25, 0.3) is 0 Å². The maximum atomic E-state index is 11.6. The first-order valence-electron chi connectivity index (χ1n) is 4.92. The molecule has 0 radical (unpaired) electrons. The SMILES string of the molecule is C#CCNCC(=O)N1CCNC(=O)CC1. The lowest BCUT2D eigenvalue weighted by Gasteiger charge is -2.19. The summed E-state index contributed by atoms with van der Waals surface area (Å²) in [7, 11) is 0. The van der Waals surface area contributed by atoms with Gasteiger partial charge in [-0.05, 0) is 0 Å². The van der Waals surface area contributed by atoms with Crippen LogP contribution in [0, 0.1) is 12.3 Å². The summed E-state index contributed by atoms with van der Waals surface area (Å²) in [6, 6.07) is 0. The minimum absolute atomic E-state index is 0.00174. The van der Waals surface area contributed by atoms with Crippen LogP contribution in [0.1, 0.15) is 6.42 Å².